The van der Waals surface area contributed by atoms with Crippen LogP contribution < -0.4 is 0 Å². The number of nitrogens with zero attached hydrogens (tertiary/aromatic N) is 6. The molecule has 8 nitrogen and oxygen atoms in total. The molecule has 0 bridgehead atoms. The van der Waals surface area contributed by atoms with Gasteiger partial charge in [-0.25, -0.2) is 4.98 Å². The van der Waals surface area contributed by atoms with Gasteiger partial charge in [0.25, 0.3) is 5.91 Å². The van der Waals surface area contributed by atoms with Crippen LogP contribution in [0.25, 0.3) is 22.1 Å². The number of amides is 2. The normalized spacial score (nSPS) is 15.5. The number of aryl methyl sites for hydroxylation is 1. The molecule has 2 amide bonds. The molecule has 5 aromatic rings. The minimum absolute atomic E-state index is 0.0177. The number of carbonyl (C=O) groups excluding carboxylic acids is 2. The van der Waals surface area contributed by atoms with E-state index in [1.54, 1.807) is 34.1 Å². The van der Waals surface area contributed by atoms with Crippen LogP contribution in [-0.4, -0.2) is 72.8 Å². The molecule has 0 radical (unpaired) electrons. The third-order valence-electron chi connectivity index (χ3n) is 7.46. The number of thioether (sulfide) groups is 1. The van der Waals surface area contributed by atoms with E-state index in [1.807, 2.05) is 25.1 Å². The Labute approximate surface area is 247 Å². The van der Waals surface area contributed by atoms with Gasteiger partial charge in [0.05, 0.1) is 21.9 Å². The monoisotopic (exact) mass is 584 g/mol. The van der Waals surface area contributed by atoms with Crippen LogP contribution in [0.4, 0.5) is 0 Å². The predicted octanol–water partition coefficient (Wildman–Crippen LogP) is 5.45. The van der Waals surface area contributed by atoms with E-state index in [0.717, 1.165) is 33.2 Å². The molecule has 1 unspecified atom stereocenters. The first-order valence-corrected chi connectivity index (χ1v) is 14.9. The summed E-state index contributed by atoms with van der Waals surface area (Å²) in [4.78, 5) is 34.7. The summed E-state index contributed by atoms with van der Waals surface area (Å²) in [6.45, 7) is 6.03. The van der Waals surface area contributed by atoms with Crippen LogP contribution in [0.2, 0.25) is 5.02 Å². The highest BCUT2D eigenvalue weighted by Gasteiger charge is 2.31. The van der Waals surface area contributed by atoms with Crippen molar-refractivity contribution in [1.82, 2.24) is 29.5 Å². The molecule has 1 aliphatic heterocycles. The number of rotatable bonds is 6. The van der Waals surface area contributed by atoms with Crippen LogP contribution in [0.5, 0.6) is 0 Å². The standard InChI is InChI=1S/C31H29ClN6O2S/c1-20-12-13-26-24(16-20)28-29(38(26)18-22-8-4-3-5-9-22)33-31(35-34-28)41-19-27(39)36-14-15-37(21(2)17-36)30(40)23-10-6-7-11-25(23)32/h3-13,16,21H,14-15,17-19H2,1-2H3. The lowest BCUT2D eigenvalue weighted by Crippen LogP contribution is -2.55. The summed E-state index contributed by atoms with van der Waals surface area (Å²) in [5, 5.41) is 10.8. The van der Waals surface area contributed by atoms with Gasteiger partial charge in [-0.15, -0.1) is 10.2 Å². The summed E-state index contributed by atoms with van der Waals surface area (Å²) in [5.41, 5.74) is 5.34. The van der Waals surface area contributed by atoms with E-state index in [-0.39, 0.29) is 23.6 Å². The highest BCUT2D eigenvalue weighted by atomic mass is 35.5. The van der Waals surface area contributed by atoms with Gasteiger partial charge in [0.15, 0.2) is 5.65 Å². The van der Waals surface area contributed by atoms with E-state index in [1.165, 1.54) is 11.8 Å². The van der Waals surface area contributed by atoms with Crippen molar-refractivity contribution in [2.45, 2.75) is 31.6 Å². The minimum atomic E-state index is -0.132. The Hall–Kier alpha value is -3.95. The molecule has 3 heterocycles. The molecule has 2 aromatic heterocycles. The van der Waals surface area contributed by atoms with Crippen molar-refractivity contribution in [3.8, 4) is 0 Å². The molecule has 1 aliphatic rings. The van der Waals surface area contributed by atoms with Crippen molar-refractivity contribution in [1.29, 1.82) is 0 Å². The zero-order chi connectivity index (χ0) is 28.5. The van der Waals surface area contributed by atoms with Crippen molar-refractivity contribution in [3.05, 3.63) is 94.5 Å². The molecule has 6 rings (SSSR count). The summed E-state index contributed by atoms with van der Waals surface area (Å²) in [6.07, 6.45) is 0. The van der Waals surface area contributed by atoms with E-state index in [4.69, 9.17) is 16.6 Å². The zero-order valence-corrected chi connectivity index (χ0v) is 24.4. The van der Waals surface area contributed by atoms with Gasteiger partial charge in [-0.3, -0.25) is 9.59 Å². The second-order valence-corrected chi connectivity index (χ2v) is 11.7. The largest absolute Gasteiger partial charge is 0.338 e. The van der Waals surface area contributed by atoms with Crippen LogP contribution >= 0.6 is 23.4 Å². The molecule has 0 spiro atoms. The van der Waals surface area contributed by atoms with Gasteiger partial charge in [0.2, 0.25) is 11.1 Å². The van der Waals surface area contributed by atoms with Gasteiger partial charge in [-0.2, -0.15) is 0 Å². The van der Waals surface area contributed by atoms with Crippen LogP contribution in [0.15, 0.2) is 78.0 Å². The lowest BCUT2D eigenvalue weighted by Gasteiger charge is -2.40. The number of piperazine rings is 1. The van der Waals surface area contributed by atoms with Crippen LogP contribution in [-0.2, 0) is 11.3 Å². The molecule has 0 N–H and O–H groups in total. The number of benzene rings is 3. The van der Waals surface area contributed by atoms with E-state index in [2.05, 4.69) is 52.0 Å². The number of hydrogen-bond donors (Lipinski definition) is 0. The maximum absolute atomic E-state index is 13.2. The second-order valence-electron chi connectivity index (χ2n) is 10.3. The van der Waals surface area contributed by atoms with Crippen molar-refractivity contribution in [2.24, 2.45) is 0 Å². The SMILES string of the molecule is Cc1ccc2c(c1)c1nnc(SCC(=O)N3CCN(C(=O)c4ccccc4Cl)C(C)C3)nc1n2Cc1ccccc1. The highest BCUT2D eigenvalue weighted by molar-refractivity contribution is 7.99. The molecular weight excluding hydrogens is 556 g/mol. The first kappa shape index (κ1) is 27.2. The quantitative estimate of drug-likeness (QED) is 0.247. The van der Waals surface area contributed by atoms with Gasteiger partial charge in [-0.1, -0.05) is 77.5 Å². The van der Waals surface area contributed by atoms with Gasteiger partial charge < -0.3 is 14.4 Å². The lowest BCUT2D eigenvalue weighted by atomic mass is 10.1. The first-order chi connectivity index (χ1) is 19.9. The van der Waals surface area contributed by atoms with Crippen molar-refractivity contribution >= 4 is 57.2 Å². The topological polar surface area (TPSA) is 84.2 Å². The van der Waals surface area contributed by atoms with E-state index in [9.17, 15) is 9.59 Å². The molecule has 41 heavy (non-hydrogen) atoms. The first-order valence-electron chi connectivity index (χ1n) is 13.5. The Kier molecular flexibility index (Phi) is 7.64. The third-order valence-corrected chi connectivity index (χ3v) is 8.61. The molecule has 1 atom stereocenters. The van der Waals surface area contributed by atoms with Crippen molar-refractivity contribution in [3.63, 3.8) is 0 Å². The lowest BCUT2D eigenvalue weighted by molar-refractivity contribution is -0.130. The van der Waals surface area contributed by atoms with Crippen LogP contribution in [0.3, 0.4) is 0 Å². The molecule has 208 valence electrons. The van der Waals surface area contributed by atoms with Gasteiger partial charge >= 0.3 is 0 Å². The van der Waals surface area contributed by atoms with Crippen molar-refractivity contribution < 1.29 is 9.59 Å². The molecule has 10 heteroatoms. The number of aromatic nitrogens is 4. The fourth-order valence-corrected chi connectivity index (χ4v) is 6.24. The predicted molar refractivity (Wildman–Crippen MR) is 162 cm³/mol. The maximum atomic E-state index is 13.2. The summed E-state index contributed by atoms with van der Waals surface area (Å²) >= 11 is 7.53. The van der Waals surface area contributed by atoms with Gasteiger partial charge in [0.1, 0.15) is 5.52 Å². The molecule has 0 aliphatic carbocycles. The number of hydrogen-bond acceptors (Lipinski definition) is 6. The Bertz CT molecular complexity index is 1760. The average Bonchev–Trinajstić information content (AvgIpc) is 3.28. The summed E-state index contributed by atoms with van der Waals surface area (Å²) < 4.78 is 2.16. The average molecular weight is 585 g/mol. The Morgan fingerprint density at radius 1 is 1.00 bits per heavy atom. The Morgan fingerprint density at radius 3 is 2.56 bits per heavy atom. The number of fused-ring (bicyclic) bond motifs is 3. The summed E-state index contributed by atoms with van der Waals surface area (Å²) in [6, 6.07) is 23.5. The Morgan fingerprint density at radius 2 is 1.78 bits per heavy atom. The fourth-order valence-electron chi connectivity index (χ4n) is 5.33. The molecule has 1 fully saturated rings. The third kappa shape index (κ3) is 5.52. The number of carbonyl (C=O) groups is 2. The summed E-state index contributed by atoms with van der Waals surface area (Å²) in [5.74, 6) is 0.0606. The summed E-state index contributed by atoms with van der Waals surface area (Å²) in [7, 11) is 0. The molecule has 3 aromatic carbocycles. The van der Waals surface area contributed by atoms with E-state index in [0.29, 0.717) is 41.9 Å². The second kappa shape index (κ2) is 11.5. The minimum Gasteiger partial charge on any atom is -0.338 e. The van der Waals surface area contributed by atoms with Crippen LogP contribution in [0, 0.1) is 6.92 Å². The Balaban J connectivity index is 1.17. The smallest absolute Gasteiger partial charge is 0.255 e. The van der Waals surface area contributed by atoms with Crippen molar-refractivity contribution in [2.75, 3.05) is 25.4 Å². The zero-order valence-electron chi connectivity index (χ0n) is 22.8. The number of halogens is 1. The molecule has 1 saturated heterocycles. The maximum Gasteiger partial charge on any atom is 0.255 e. The van der Waals surface area contributed by atoms with E-state index < -0.39 is 0 Å². The molecular formula is C31H29ClN6O2S. The van der Waals surface area contributed by atoms with E-state index >= 15 is 0 Å². The van der Waals surface area contributed by atoms with Gasteiger partial charge in [0, 0.05) is 37.6 Å². The van der Waals surface area contributed by atoms with Gasteiger partial charge in [-0.05, 0) is 43.7 Å². The molecule has 0 saturated carbocycles. The highest BCUT2D eigenvalue weighted by Crippen LogP contribution is 2.29. The fraction of sp³-hybridized carbons (Fsp3) is 0.258. The van der Waals surface area contributed by atoms with Crippen LogP contribution in [0.1, 0.15) is 28.4 Å².